The van der Waals surface area contributed by atoms with E-state index in [4.69, 9.17) is 0 Å². The SMILES string of the molecule is CCC(CCCC(C)C(C)C(C)C)C(C)C. The Hall–Kier alpha value is 0. The molecule has 0 aliphatic heterocycles. The molecule has 0 spiro atoms. The highest BCUT2D eigenvalue weighted by molar-refractivity contribution is 4.67. The van der Waals surface area contributed by atoms with E-state index in [9.17, 15) is 0 Å². The van der Waals surface area contributed by atoms with Gasteiger partial charge in [-0.3, -0.25) is 0 Å². The summed E-state index contributed by atoms with van der Waals surface area (Å²) in [6, 6.07) is 0. The van der Waals surface area contributed by atoms with Crippen molar-refractivity contribution in [3.05, 3.63) is 0 Å². The quantitative estimate of drug-likeness (QED) is 0.493. The van der Waals surface area contributed by atoms with E-state index in [1.807, 2.05) is 0 Å². The Labute approximate surface area is 104 Å². The maximum atomic E-state index is 2.43. The molecule has 0 radical (unpaired) electrons. The molecule has 16 heavy (non-hydrogen) atoms. The van der Waals surface area contributed by atoms with Gasteiger partial charge >= 0.3 is 0 Å². The van der Waals surface area contributed by atoms with E-state index in [2.05, 4.69) is 48.5 Å². The number of hydrogen-bond donors (Lipinski definition) is 0. The fourth-order valence-electron chi connectivity index (χ4n) is 2.63. The summed E-state index contributed by atoms with van der Waals surface area (Å²) in [5.41, 5.74) is 0. The molecule has 0 fully saturated rings. The zero-order chi connectivity index (χ0) is 12.7. The summed E-state index contributed by atoms with van der Waals surface area (Å²) in [5, 5.41) is 0. The second kappa shape index (κ2) is 8.14. The van der Waals surface area contributed by atoms with Crippen LogP contribution in [0.2, 0.25) is 0 Å². The van der Waals surface area contributed by atoms with Gasteiger partial charge in [-0.25, -0.2) is 0 Å². The van der Waals surface area contributed by atoms with Crippen molar-refractivity contribution in [3.63, 3.8) is 0 Å². The van der Waals surface area contributed by atoms with Crippen LogP contribution >= 0.6 is 0 Å². The van der Waals surface area contributed by atoms with Gasteiger partial charge in [-0.15, -0.1) is 0 Å². The molecule has 0 aromatic carbocycles. The average Bonchev–Trinajstić information content (AvgIpc) is 2.22. The molecule has 0 saturated carbocycles. The molecule has 0 rings (SSSR count). The highest BCUT2D eigenvalue weighted by Crippen LogP contribution is 2.27. The lowest BCUT2D eigenvalue weighted by atomic mass is 9.81. The smallest absolute Gasteiger partial charge is 0.0394 e. The van der Waals surface area contributed by atoms with Gasteiger partial charge in [0.25, 0.3) is 0 Å². The minimum atomic E-state index is 0.835. The molecule has 0 heterocycles. The van der Waals surface area contributed by atoms with Gasteiger partial charge in [0.15, 0.2) is 0 Å². The minimum absolute atomic E-state index is 0.835. The molecule has 0 heteroatoms. The van der Waals surface area contributed by atoms with Crippen LogP contribution in [0.1, 0.15) is 74.1 Å². The first-order chi connectivity index (χ1) is 7.40. The van der Waals surface area contributed by atoms with Crippen molar-refractivity contribution >= 4 is 0 Å². The van der Waals surface area contributed by atoms with Crippen LogP contribution < -0.4 is 0 Å². The van der Waals surface area contributed by atoms with Gasteiger partial charge in [0.1, 0.15) is 0 Å². The van der Waals surface area contributed by atoms with Gasteiger partial charge in [0.2, 0.25) is 0 Å². The molecule has 0 aliphatic carbocycles. The van der Waals surface area contributed by atoms with Crippen LogP contribution in [0.3, 0.4) is 0 Å². The van der Waals surface area contributed by atoms with Gasteiger partial charge in [-0.1, -0.05) is 74.1 Å². The summed E-state index contributed by atoms with van der Waals surface area (Å²) < 4.78 is 0. The normalized spacial score (nSPS) is 17.8. The Morgan fingerprint density at radius 3 is 1.69 bits per heavy atom. The Morgan fingerprint density at radius 1 is 0.750 bits per heavy atom. The summed E-state index contributed by atoms with van der Waals surface area (Å²) in [4.78, 5) is 0. The third-order valence-electron chi connectivity index (χ3n) is 4.65. The number of hydrogen-bond acceptors (Lipinski definition) is 0. The van der Waals surface area contributed by atoms with Crippen molar-refractivity contribution in [2.45, 2.75) is 74.1 Å². The van der Waals surface area contributed by atoms with E-state index in [0.29, 0.717) is 0 Å². The van der Waals surface area contributed by atoms with Crippen LogP contribution in [0.15, 0.2) is 0 Å². The molecule has 3 unspecified atom stereocenters. The van der Waals surface area contributed by atoms with E-state index in [1.54, 1.807) is 0 Å². The Kier molecular flexibility index (Phi) is 8.14. The molecule has 0 saturated heterocycles. The molecule has 0 aliphatic rings. The summed E-state index contributed by atoms with van der Waals surface area (Å²) >= 11 is 0. The van der Waals surface area contributed by atoms with Crippen LogP contribution in [0.4, 0.5) is 0 Å². The monoisotopic (exact) mass is 226 g/mol. The average molecular weight is 226 g/mol. The second-order valence-corrected chi connectivity index (χ2v) is 6.42. The lowest BCUT2D eigenvalue weighted by Gasteiger charge is -2.25. The topological polar surface area (TPSA) is 0 Å². The first-order valence-corrected chi connectivity index (χ1v) is 7.40. The lowest BCUT2D eigenvalue weighted by Crippen LogP contribution is -2.15. The molecule has 0 amide bonds. The van der Waals surface area contributed by atoms with E-state index in [-0.39, 0.29) is 0 Å². The maximum absolute atomic E-state index is 2.43. The molecule has 98 valence electrons. The van der Waals surface area contributed by atoms with Crippen LogP contribution in [-0.2, 0) is 0 Å². The molecule has 0 aromatic heterocycles. The molecule has 3 atom stereocenters. The van der Waals surface area contributed by atoms with E-state index in [0.717, 1.165) is 29.6 Å². The summed E-state index contributed by atoms with van der Waals surface area (Å²) in [5.74, 6) is 4.41. The van der Waals surface area contributed by atoms with Gasteiger partial charge in [0, 0.05) is 0 Å². The zero-order valence-corrected chi connectivity index (χ0v) is 12.7. The van der Waals surface area contributed by atoms with Crippen molar-refractivity contribution in [3.8, 4) is 0 Å². The van der Waals surface area contributed by atoms with E-state index < -0.39 is 0 Å². The molecular formula is C16H34. The highest BCUT2D eigenvalue weighted by atomic mass is 14.2. The standard InChI is InChI=1S/C16H34/c1-8-16(13(4)5)11-9-10-14(6)15(7)12(2)3/h12-16H,8-11H2,1-7H3. The third-order valence-corrected chi connectivity index (χ3v) is 4.65. The fraction of sp³-hybridized carbons (Fsp3) is 1.00. The maximum Gasteiger partial charge on any atom is -0.0394 e. The van der Waals surface area contributed by atoms with Crippen molar-refractivity contribution in [2.75, 3.05) is 0 Å². The Balaban J connectivity index is 3.80. The molecule has 0 N–H and O–H groups in total. The van der Waals surface area contributed by atoms with Crippen LogP contribution in [0, 0.1) is 29.6 Å². The van der Waals surface area contributed by atoms with Crippen LogP contribution in [0.5, 0.6) is 0 Å². The third kappa shape index (κ3) is 5.92. The molecular weight excluding hydrogens is 192 g/mol. The predicted molar refractivity (Wildman–Crippen MR) is 75.6 cm³/mol. The first-order valence-electron chi connectivity index (χ1n) is 7.40. The predicted octanol–water partition coefficient (Wildman–Crippen LogP) is 5.77. The molecule has 0 nitrogen and oxygen atoms in total. The summed E-state index contributed by atoms with van der Waals surface area (Å²) in [6.07, 6.45) is 5.63. The molecule has 0 aromatic rings. The minimum Gasteiger partial charge on any atom is -0.0651 e. The summed E-state index contributed by atoms with van der Waals surface area (Å²) in [7, 11) is 0. The fourth-order valence-corrected chi connectivity index (χ4v) is 2.63. The van der Waals surface area contributed by atoms with Crippen molar-refractivity contribution in [1.82, 2.24) is 0 Å². The molecule has 0 bridgehead atoms. The summed E-state index contributed by atoms with van der Waals surface area (Å²) in [6.45, 7) is 16.6. The van der Waals surface area contributed by atoms with Gasteiger partial charge in [0.05, 0.1) is 0 Å². The van der Waals surface area contributed by atoms with Gasteiger partial charge in [-0.05, 0) is 29.6 Å². The van der Waals surface area contributed by atoms with E-state index in [1.165, 1.54) is 25.7 Å². The van der Waals surface area contributed by atoms with Gasteiger partial charge in [-0.2, -0.15) is 0 Å². The van der Waals surface area contributed by atoms with Crippen molar-refractivity contribution < 1.29 is 0 Å². The van der Waals surface area contributed by atoms with Gasteiger partial charge < -0.3 is 0 Å². The largest absolute Gasteiger partial charge is 0.0651 e. The lowest BCUT2D eigenvalue weighted by molar-refractivity contribution is 0.259. The Morgan fingerprint density at radius 2 is 1.31 bits per heavy atom. The Bertz CT molecular complexity index is 157. The van der Waals surface area contributed by atoms with Crippen LogP contribution in [-0.4, -0.2) is 0 Å². The number of rotatable bonds is 8. The zero-order valence-electron chi connectivity index (χ0n) is 12.7. The second-order valence-electron chi connectivity index (χ2n) is 6.42. The first kappa shape index (κ1) is 16.0. The highest BCUT2D eigenvalue weighted by Gasteiger charge is 2.16. The van der Waals surface area contributed by atoms with Crippen LogP contribution in [0.25, 0.3) is 0 Å². The van der Waals surface area contributed by atoms with Crippen molar-refractivity contribution in [2.24, 2.45) is 29.6 Å². The van der Waals surface area contributed by atoms with Crippen molar-refractivity contribution in [1.29, 1.82) is 0 Å². The van der Waals surface area contributed by atoms with E-state index >= 15 is 0 Å².